The lowest BCUT2D eigenvalue weighted by molar-refractivity contribution is 0.113. The third kappa shape index (κ3) is 2.91. The molecule has 0 unspecified atom stereocenters. The predicted molar refractivity (Wildman–Crippen MR) is 74.2 cm³/mol. The molecule has 0 atom stereocenters. The van der Waals surface area contributed by atoms with E-state index >= 15 is 0 Å². The zero-order valence-corrected chi connectivity index (χ0v) is 11.9. The number of aliphatic hydroxyl groups is 1. The molecule has 5 nitrogen and oxygen atoms in total. The highest BCUT2D eigenvalue weighted by molar-refractivity contribution is 7.89. The normalized spacial score (nSPS) is 18.6. The molecule has 1 heterocycles. The molecule has 0 bridgehead atoms. The van der Waals surface area contributed by atoms with Gasteiger partial charge in [0.05, 0.1) is 11.0 Å². The van der Waals surface area contributed by atoms with Crippen molar-refractivity contribution in [1.29, 1.82) is 0 Å². The van der Waals surface area contributed by atoms with Crippen molar-refractivity contribution >= 4 is 15.7 Å². The summed E-state index contributed by atoms with van der Waals surface area (Å²) in [5, 5.41) is 9.47. The van der Waals surface area contributed by atoms with Crippen LogP contribution < -0.4 is 5.73 Å². The van der Waals surface area contributed by atoms with Crippen molar-refractivity contribution in [2.75, 3.05) is 18.8 Å². The van der Waals surface area contributed by atoms with Crippen molar-refractivity contribution in [3.63, 3.8) is 0 Å². The van der Waals surface area contributed by atoms with E-state index in [1.165, 1.54) is 10.4 Å². The fraction of sp³-hybridized carbons (Fsp3) is 0.538. The SMILES string of the molecule is CCc1ccc(N)cc1S(=O)(=O)N1CCC(O)CC1. The average molecular weight is 284 g/mol. The molecule has 3 N–H and O–H groups in total. The molecule has 1 aromatic rings. The van der Waals surface area contributed by atoms with Gasteiger partial charge in [0, 0.05) is 18.8 Å². The third-order valence-electron chi connectivity index (χ3n) is 3.51. The Bertz CT molecular complexity index is 549. The summed E-state index contributed by atoms with van der Waals surface area (Å²) in [4.78, 5) is 0.298. The van der Waals surface area contributed by atoms with Gasteiger partial charge in [-0.2, -0.15) is 4.31 Å². The smallest absolute Gasteiger partial charge is 0.243 e. The van der Waals surface area contributed by atoms with Crippen LogP contribution in [0.2, 0.25) is 0 Å². The summed E-state index contributed by atoms with van der Waals surface area (Å²) in [5.74, 6) is 0. The first-order chi connectivity index (χ1) is 8.95. The Morgan fingerprint density at radius 2 is 2.00 bits per heavy atom. The van der Waals surface area contributed by atoms with Gasteiger partial charge >= 0.3 is 0 Å². The summed E-state index contributed by atoms with van der Waals surface area (Å²) in [6.07, 6.45) is 1.23. The number of sulfonamides is 1. The highest BCUT2D eigenvalue weighted by atomic mass is 32.2. The molecule has 1 aliphatic heterocycles. The van der Waals surface area contributed by atoms with Crippen LogP contribution in [-0.4, -0.2) is 37.0 Å². The van der Waals surface area contributed by atoms with E-state index in [4.69, 9.17) is 5.73 Å². The van der Waals surface area contributed by atoms with Crippen molar-refractivity contribution in [3.05, 3.63) is 23.8 Å². The molecule has 6 heteroatoms. The maximum absolute atomic E-state index is 12.6. The first-order valence-electron chi connectivity index (χ1n) is 6.51. The Morgan fingerprint density at radius 1 is 1.37 bits per heavy atom. The predicted octanol–water partition coefficient (Wildman–Crippen LogP) is 0.977. The second-order valence-electron chi connectivity index (χ2n) is 4.86. The average Bonchev–Trinajstić information content (AvgIpc) is 2.39. The number of nitrogen functional groups attached to an aromatic ring is 1. The first kappa shape index (κ1) is 14.3. The van der Waals surface area contributed by atoms with Crippen LogP contribution in [-0.2, 0) is 16.4 Å². The van der Waals surface area contributed by atoms with Crippen molar-refractivity contribution in [2.24, 2.45) is 0 Å². The molecule has 0 saturated carbocycles. The lowest BCUT2D eigenvalue weighted by atomic mass is 10.1. The molecule has 1 aromatic carbocycles. The molecule has 0 radical (unpaired) electrons. The molecular weight excluding hydrogens is 264 g/mol. The molecule has 106 valence electrons. The van der Waals surface area contributed by atoms with E-state index in [9.17, 15) is 13.5 Å². The van der Waals surface area contributed by atoms with E-state index in [1.54, 1.807) is 12.1 Å². The molecule has 2 rings (SSSR count). The van der Waals surface area contributed by atoms with Crippen LogP contribution in [0.1, 0.15) is 25.3 Å². The summed E-state index contributed by atoms with van der Waals surface area (Å²) in [6, 6.07) is 5.01. The van der Waals surface area contributed by atoms with Gasteiger partial charge in [0.1, 0.15) is 0 Å². The van der Waals surface area contributed by atoms with Crippen molar-refractivity contribution in [2.45, 2.75) is 37.2 Å². The molecule has 0 aromatic heterocycles. The highest BCUT2D eigenvalue weighted by Gasteiger charge is 2.30. The minimum atomic E-state index is -3.51. The molecular formula is C13H20N2O3S. The number of rotatable bonds is 3. The maximum Gasteiger partial charge on any atom is 0.243 e. The lowest BCUT2D eigenvalue weighted by Gasteiger charge is -2.29. The summed E-state index contributed by atoms with van der Waals surface area (Å²) >= 11 is 0. The lowest BCUT2D eigenvalue weighted by Crippen LogP contribution is -2.40. The van der Waals surface area contributed by atoms with Crippen LogP contribution >= 0.6 is 0 Å². The van der Waals surface area contributed by atoms with Gasteiger partial charge in [-0.05, 0) is 37.0 Å². The van der Waals surface area contributed by atoms with E-state index in [0.717, 1.165) is 5.56 Å². The summed E-state index contributed by atoms with van der Waals surface area (Å²) in [5.41, 5.74) is 6.94. The van der Waals surface area contributed by atoms with Crippen LogP contribution in [0.5, 0.6) is 0 Å². The van der Waals surface area contributed by atoms with Gasteiger partial charge in [0.15, 0.2) is 0 Å². The Balaban J connectivity index is 2.36. The molecule has 0 amide bonds. The van der Waals surface area contributed by atoms with Gasteiger partial charge in [0.2, 0.25) is 10.0 Å². The number of aryl methyl sites for hydroxylation is 1. The number of nitrogens with zero attached hydrogens (tertiary/aromatic N) is 1. The van der Waals surface area contributed by atoms with Crippen molar-refractivity contribution in [3.8, 4) is 0 Å². The standard InChI is InChI=1S/C13H20N2O3S/c1-2-10-3-4-11(14)9-13(10)19(17,18)15-7-5-12(16)6-8-15/h3-4,9,12,16H,2,5-8,14H2,1H3. The zero-order chi connectivity index (χ0) is 14.0. The maximum atomic E-state index is 12.6. The number of anilines is 1. The van der Waals surface area contributed by atoms with Gasteiger partial charge < -0.3 is 10.8 Å². The third-order valence-corrected chi connectivity index (χ3v) is 5.49. The number of piperidine rings is 1. The Kier molecular flexibility index (Phi) is 4.13. The van der Waals surface area contributed by atoms with E-state index < -0.39 is 16.1 Å². The highest BCUT2D eigenvalue weighted by Crippen LogP contribution is 2.25. The summed E-state index contributed by atoms with van der Waals surface area (Å²) < 4.78 is 26.7. The van der Waals surface area contributed by atoms with E-state index in [0.29, 0.717) is 42.9 Å². The first-order valence-corrected chi connectivity index (χ1v) is 7.95. The van der Waals surface area contributed by atoms with Crippen LogP contribution in [0, 0.1) is 0 Å². The van der Waals surface area contributed by atoms with Crippen LogP contribution in [0.4, 0.5) is 5.69 Å². The molecule has 1 fully saturated rings. The number of hydrogen-bond acceptors (Lipinski definition) is 4. The van der Waals surface area contributed by atoms with Crippen molar-refractivity contribution in [1.82, 2.24) is 4.31 Å². The van der Waals surface area contributed by atoms with Crippen LogP contribution in [0.3, 0.4) is 0 Å². The van der Waals surface area contributed by atoms with E-state index in [1.807, 2.05) is 6.92 Å². The molecule has 1 aliphatic rings. The number of hydrogen-bond donors (Lipinski definition) is 2. The fourth-order valence-electron chi connectivity index (χ4n) is 2.32. The van der Waals surface area contributed by atoms with Crippen LogP contribution in [0.15, 0.2) is 23.1 Å². The van der Waals surface area contributed by atoms with Gasteiger partial charge in [-0.15, -0.1) is 0 Å². The summed E-state index contributed by atoms with van der Waals surface area (Å²) in [6.45, 7) is 2.65. The monoisotopic (exact) mass is 284 g/mol. The van der Waals surface area contributed by atoms with E-state index in [-0.39, 0.29) is 0 Å². The fourth-order valence-corrected chi connectivity index (χ4v) is 4.12. The summed E-state index contributed by atoms with van der Waals surface area (Å²) in [7, 11) is -3.51. The van der Waals surface area contributed by atoms with Gasteiger partial charge in [0.25, 0.3) is 0 Å². The quantitative estimate of drug-likeness (QED) is 0.810. The zero-order valence-electron chi connectivity index (χ0n) is 11.0. The molecule has 1 saturated heterocycles. The van der Waals surface area contributed by atoms with Gasteiger partial charge in [-0.1, -0.05) is 13.0 Å². The van der Waals surface area contributed by atoms with E-state index in [2.05, 4.69) is 0 Å². The van der Waals surface area contributed by atoms with Crippen LogP contribution in [0.25, 0.3) is 0 Å². The Morgan fingerprint density at radius 3 is 2.58 bits per heavy atom. The second kappa shape index (κ2) is 5.48. The molecule has 0 spiro atoms. The van der Waals surface area contributed by atoms with Gasteiger partial charge in [-0.25, -0.2) is 8.42 Å². The number of nitrogens with two attached hydrogens (primary N) is 1. The van der Waals surface area contributed by atoms with Crippen molar-refractivity contribution < 1.29 is 13.5 Å². The topological polar surface area (TPSA) is 83.6 Å². The Hall–Kier alpha value is -1.11. The minimum absolute atomic E-state index is 0.298. The largest absolute Gasteiger partial charge is 0.399 e. The molecule has 19 heavy (non-hydrogen) atoms. The number of aliphatic hydroxyl groups excluding tert-OH is 1. The molecule has 0 aliphatic carbocycles. The van der Waals surface area contributed by atoms with Gasteiger partial charge in [-0.3, -0.25) is 0 Å². The second-order valence-corrected chi connectivity index (χ2v) is 6.76. The Labute approximate surface area is 114 Å². The number of benzene rings is 1. The minimum Gasteiger partial charge on any atom is -0.399 e.